The molecular weight excluding hydrogens is 332 g/mol. The molecule has 0 saturated heterocycles. The topological polar surface area (TPSA) is 84.5 Å². The Morgan fingerprint density at radius 3 is 2.46 bits per heavy atom. The molecule has 2 rings (SSSR count). The van der Waals surface area contributed by atoms with Crippen molar-refractivity contribution < 1.29 is 19.1 Å². The Labute approximate surface area is 145 Å². The lowest BCUT2D eigenvalue weighted by Gasteiger charge is -2.12. The van der Waals surface area contributed by atoms with Crippen LogP contribution in [0.15, 0.2) is 24.3 Å². The minimum atomic E-state index is -0.520. The Balaban J connectivity index is 1.59. The largest absolute Gasteiger partial charge is 0.456 e. The maximum Gasteiger partial charge on any atom is 0.308 e. The molecule has 1 aromatic carbocycles. The summed E-state index contributed by atoms with van der Waals surface area (Å²) < 4.78 is 4.90. The average molecular weight is 353 g/mol. The van der Waals surface area contributed by atoms with Crippen LogP contribution in [0.3, 0.4) is 0 Å². The number of amides is 2. The summed E-state index contributed by atoms with van der Waals surface area (Å²) in [4.78, 5) is 35.0. The highest BCUT2D eigenvalue weighted by atomic mass is 35.5. The van der Waals surface area contributed by atoms with Gasteiger partial charge in [-0.15, -0.1) is 0 Å². The van der Waals surface area contributed by atoms with E-state index in [1.54, 1.807) is 24.3 Å². The summed E-state index contributed by atoms with van der Waals surface area (Å²) in [6.07, 6.45) is 4.22. The van der Waals surface area contributed by atoms with Gasteiger partial charge >= 0.3 is 5.97 Å². The average Bonchev–Trinajstić information content (AvgIpc) is 3.06. The van der Waals surface area contributed by atoms with E-state index in [4.69, 9.17) is 16.3 Å². The Kier molecular flexibility index (Phi) is 7.06. The Hall–Kier alpha value is -2.08. The van der Waals surface area contributed by atoms with Crippen molar-refractivity contribution in [2.45, 2.75) is 38.1 Å². The molecule has 1 saturated carbocycles. The third-order valence-corrected chi connectivity index (χ3v) is 4.06. The number of hydrogen-bond donors (Lipinski definition) is 2. The SMILES string of the molecule is O=C(COC(=O)CCNC(=O)c1ccc(Cl)cc1)NC1CCCC1. The highest BCUT2D eigenvalue weighted by Crippen LogP contribution is 2.17. The molecule has 2 N–H and O–H groups in total. The second-order valence-electron chi connectivity index (χ2n) is 5.72. The molecule has 1 fully saturated rings. The molecule has 0 radical (unpaired) electrons. The maximum atomic E-state index is 11.8. The smallest absolute Gasteiger partial charge is 0.308 e. The molecule has 7 heteroatoms. The van der Waals surface area contributed by atoms with Crippen molar-refractivity contribution in [1.29, 1.82) is 0 Å². The van der Waals surface area contributed by atoms with Gasteiger partial charge in [0.15, 0.2) is 6.61 Å². The highest BCUT2D eigenvalue weighted by Gasteiger charge is 2.17. The van der Waals surface area contributed by atoms with Gasteiger partial charge in [0.1, 0.15) is 0 Å². The lowest BCUT2D eigenvalue weighted by atomic mass is 10.2. The lowest BCUT2D eigenvalue weighted by molar-refractivity contribution is -0.148. The van der Waals surface area contributed by atoms with Crippen LogP contribution in [0.4, 0.5) is 0 Å². The Morgan fingerprint density at radius 2 is 1.79 bits per heavy atom. The van der Waals surface area contributed by atoms with Gasteiger partial charge in [0.25, 0.3) is 11.8 Å². The molecule has 130 valence electrons. The highest BCUT2D eigenvalue weighted by molar-refractivity contribution is 6.30. The summed E-state index contributed by atoms with van der Waals surface area (Å²) >= 11 is 5.75. The molecule has 0 spiro atoms. The van der Waals surface area contributed by atoms with Crippen LogP contribution < -0.4 is 10.6 Å². The minimum Gasteiger partial charge on any atom is -0.456 e. The third kappa shape index (κ3) is 6.20. The van der Waals surface area contributed by atoms with Crippen LogP contribution in [0.5, 0.6) is 0 Å². The molecule has 0 unspecified atom stereocenters. The van der Waals surface area contributed by atoms with E-state index in [1.807, 2.05) is 0 Å². The van der Waals surface area contributed by atoms with Crippen molar-refractivity contribution in [3.63, 3.8) is 0 Å². The van der Waals surface area contributed by atoms with Gasteiger partial charge in [0, 0.05) is 23.2 Å². The number of rotatable bonds is 7. The van der Waals surface area contributed by atoms with Crippen LogP contribution in [0, 0.1) is 0 Å². The van der Waals surface area contributed by atoms with Crippen molar-refractivity contribution in [3.05, 3.63) is 34.9 Å². The van der Waals surface area contributed by atoms with E-state index in [0.29, 0.717) is 10.6 Å². The van der Waals surface area contributed by atoms with E-state index in [1.165, 1.54) is 0 Å². The summed E-state index contributed by atoms with van der Waals surface area (Å²) in [5.41, 5.74) is 0.462. The molecule has 0 bridgehead atoms. The molecule has 2 amide bonds. The van der Waals surface area contributed by atoms with E-state index in [2.05, 4.69) is 10.6 Å². The number of halogens is 1. The predicted octanol–water partition coefficient (Wildman–Crippen LogP) is 2.06. The summed E-state index contributed by atoms with van der Waals surface area (Å²) in [6.45, 7) is -0.134. The number of hydrogen-bond acceptors (Lipinski definition) is 4. The Morgan fingerprint density at radius 1 is 1.12 bits per heavy atom. The number of ether oxygens (including phenoxy) is 1. The first kappa shape index (κ1) is 18.3. The summed E-state index contributed by atoms with van der Waals surface area (Å²) in [6, 6.07) is 6.64. The van der Waals surface area contributed by atoms with Crippen molar-refractivity contribution in [1.82, 2.24) is 10.6 Å². The van der Waals surface area contributed by atoms with Gasteiger partial charge < -0.3 is 15.4 Å². The number of nitrogens with one attached hydrogen (secondary N) is 2. The third-order valence-electron chi connectivity index (χ3n) is 3.81. The molecular formula is C17H21ClN2O4. The molecule has 6 nitrogen and oxygen atoms in total. The fourth-order valence-electron chi connectivity index (χ4n) is 2.54. The Bertz CT molecular complexity index is 583. The molecule has 0 heterocycles. The predicted molar refractivity (Wildman–Crippen MR) is 89.8 cm³/mol. The molecule has 0 atom stereocenters. The first-order valence-corrected chi connectivity index (χ1v) is 8.41. The van der Waals surface area contributed by atoms with Crippen LogP contribution in [-0.4, -0.2) is 37.0 Å². The molecule has 0 aromatic heterocycles. The fourth-order valence-corrected chi connectivity index (χ4v) is 2.67. The van der Waals surface area contributed by atoms with Gasteiger partial charge in [-0.3, -0.25) is 14.4 Å². The van der Waals surface area contributed by atoms with Gasteiger partial charge in [0.2, 0.25) is 0 Å². The maximum absolute atomic E-state index is 11.8. The van der Waals surface area contributed by atoms with Gasteiger partial charge in [-0.2, -0.15) is 0 Å². The van der Waals surface area contributed by atoms with Gasteiger partial charge in [-0.25, -0.2) is 0 Å². The zero-order valence-electron chi connectivity index (χ0n) is 13.3. The van der Waals surface area contributed by atoms with Crippen LogP contribution in [-0.2, 0) is 14.3 Å². The van der Waals surface area contributed by atoms with Crippen LogP contribution in [0.25, 0.3) is 0 Å². The van der Waals surface area contributed by atoms with E-state index < -0.39 is 5.97 Å². The van der Waals surface area contributed by atoms with Crippen molar-refractivity contribution in [2.75, 3.05) is 13.2 Å². The molecule has 0 aliphatic heterocycles. The summed E-state index contributed by atoms with van der Waals surface area (Å²) in [5.74, 6) is -1.09. The van der Waals surface area contributed by atoms with Crippen molar-refractivity contribution in [2.24, 2.45) is 0 Å². The summed E-state index contributed by atoms with van der Waals surface area (Å²) in [5, 5.41) is 6.00. The van der Waals surface area contributed by atoms with E-state index in [9.17, 15) is 14.4 Å². The van der Waals surface area contributed by atoms with Gasteiger partial charge in [-0.05, 0) is 37.1 Å². The first-order valence-electron chi connectivity index (χ1n) is 8.03. The van der Waals surface area contributed by atoms with Crippen LogP contribution >= 0.6 is 11.6 Å². The van der Waals surface area contributed by atoms with Crippen LogP contribution in [0.2, 0.25) is 5.02 Å². The van der Waals surface area contributed by atoms with E-state index in [0.717, 1.165) is 25.7 Å². The number of carbonyl (C=O) groups excluding carboxylic acids is 3. The van der Waals surface area contributed by atoms with Gasteiger partial charge in [0.05, 0.1) is 6.42 Å². The monoisotopic (exact) mass is 352 g/mol. The van der Waals surface area contributed by atoms with Crippen molar-refractivity contribution in [3.8, 4) is 0 Å². The minimum absolute atomic E-state index is 0.00996. The second kappa shape index (κ2) is 9.27. The number of carbonyl (C=O) groups is 3. The van der Waals surface area contributed by atoms with Gasteiger partial charge in [-0.1, -0.05) is 24.4 Å². The van der Waals surface area contributed by atoms with Crippen LogP contribution in [0.1, 0.15) is 42.5 Å². The molecule has 1 aliphatic carbocycles. The number of benzene rings is 1. The quantitative estimate of drug-likeness (QED) is 0.736. The number of esters is 1. The first-order chi connectivity index (χ1) is 11.5. The normalized spacial score (nSPS) is 14.2. The summed E-state index contributed by atoms with van der Waals surface area (Å²) in [7, 11) is 0. The second-order valence-corrected chi connectivity index (χ2v) is 6.16. The van der Waals surface area contributed by atoms with E-state index >= 15 is 0 Å². The zero-order chi connectivity index (χ0) is 17.4. The van der Waals surface area contributed by atoms with Crippen molar-refractivity contribution >= 4 is 29.4 Å². The molecule has 1 aliphatic rings. The zero-order valence-corrected chi connectivity index (χ0v) is 14.1. The van der Waals surface area contributed by atoms with E-state index in [-0.39, 0.29) is 37.4 Å². The molecule has 24 heavy (non-hydrogen) atoms. The standard InChI is InChI=1S/C17H21ClN2O4/c18-13-7-5-12(6-8-13)17(23)19-10-9-16(22)24-11-15(21)20-14-3-1-2-4-14/h5-8,14H,1-4,9-11H2,(H,19,23)(H,20,21). The molecule has 1 aromatic rings. The lowest BCUT2D eigenvalue weighted by Crippen LogP contribution is -2.36. The fraction of sp³-hybridized carbons (Fsp3) is 0.471.